The monoisotopic (exact) mass is 483 g/mol. The standard InChI is InChI=1S/C27H21N3O4S/c1-18-25-9-5-4-8-22(25)16-29-26(18)30(17-23-14-20-6-2-3-7-21(20)15-28-23)35(33,34)24-12-10-19(11-13-24)27(31)32/h2-16H,17H2,1H3,(H,31,32). The van der Waals surface area contributed by atoms with E-state index in [1.807, 2.05) is 61.5 Å². The Bertz CT molecular complexity index is 1680. The van der Waals surface area contributed by atoms with E-state index >= 15 is 0 Å². The highest BCUT2D eigenvalue weighted by atomic mass is 32.2. The van der Waals surface area contributed by atoms with E-state index < -0.39 is 16.0 Å². The number of hydrogen-bond acceptors (Lipinski definition) is 5. The number of aryl methyl sites for hydroxylation is 1. The van der Waals surface area contributed by atoms with Crippen LogP contribution in [0, 0.1) is 6.92 Å². The van der Waals surface area contributed by atoms with Crippen LogP contribution in [0.5, 0.6) is 0 Å². The predicted octanol–water partition coefficient (Wildman–Crippen LogP) is 5.19. The fourth-order valence-electron chi connectivity index (χ4n) is 4.08. The van der Waals surface area contributed by atoms with Gasteiger partial charge in [-0.25, -0.2) is 22.5 Å². The summed E-state index contributed by atoms with van der Waals surface area (Å²) in [5.74, 6) is -0.834. The van der Waals surface area contributed by atoms with Crippen molar-refractivity contribution in [2.24, 2.45) is 0 Å². The summed E-state index contributed by atoms with van der Waals surface area (Å²) in [5, 5.41) is 12.9. The highest BCUT2D eigenvalue weighted by Crippen LogP contribution is 2.31. The van der Waals surface area contributed by atoms with Gasteiger partial charge in [0.05, 0.1) is 22.7 Å². The molecule has 8 heteroatoms. The molecule has 7 nitrogen and oxygen atoms in total. The number of anilines is 1. The van der Waals surface area contributed by atoms with Crippen molar-refractivity contribution in [1.82, 2.24) is 9.97 Å². The van der Waals surface area contributed by atoms with Gasteiger partial charge in [-0.05, 0) is 48.0 Å². The lowest BCUT2D eigenvalue weighted by molar-refractivity contribution is 0.0696. The molecule has 0 unspecified atom stereocenters. The van der Waals surface area contributed by atoms with Gasteiger partial charge in [0.1, 0.15) is 5.82 Å². The van der Waals surface area contributed by atoms with E-state index in [4.69, 9.17) is 0 Å². The fourth-order valence-corrected chi connectivity index (χ4v) is 5.53. The quantitative estimate of drug-likeness (QED) is 0.357. The van der Waals surface area contributed by atoms with Gasteiger partial charge >= 0.3 is 5.97 Å². The third kappa shape index (κ3) is 4.20. The summed E-state index contributed by atoms with van der Waals surface area (Å²) >= 11 is 0. The van der Waals surface area contributed by atoms with E-state index in [1.54, 1.807) is 12.4 Å². The van der Waals surface area contributed by atoms with Crippen LogP contribution in [0.3, 0.4) is 0 Å². The van der Waals surface area contributed by atoms with E-state index in [9.17, 15) is 18.3 Å². The smallest absolute Gasteiger partial charge is 0.335 e. The lowest BCUT2D eigenvalue weighted by Gasteiger charge is -2.25. The van der Waals surface area contributed by atoms with Crippen molar-refractivity contribution in [2.45, 2.75) is 18.4 Å². The van der Waals surface area contributed by atoms with Gasteiger partial charge in [-0.15, -0.1) is 0 Å². The summed E-state index contributed by atoms with van der Waals surface area (Å²) in [5.41, 5.74) is 1.28. The molecule has 5 rings (SSSR count). The fraction of sp³-hybridized carbons (Fsp3) is 0.0741. The minimum absolute atomic E-state index is 0.00621. The molecule has 1 N–H and O–H groups in total. The van der Waals surface area contributed by atoms with E-state index in [-0.39, 0.29) is 17.0 Å². The van der Waals surface area contributed by atoms with Gasteiger partial charge < -0.3 is 5.11 Å². The topological polar surface area (TPSA) is 100 Å². The van der Waals surface area contributed by atoms with Gasteiger partial charge in [-0.2, -0.15) is 0 Å². The van der Waals surface area contributed by atoms with Crippen molar-refractivity contribution in [1.29, 1.82) is 0 Å². The normalized spacial score (nSPS) is 11.6. The second-order valence-electron chi connectivity index (χ2n) is 8.16. The SMILES string of the molecule is Cc1c(N(Cc2cc3ccccc3cn2)S(=O)(=O)c2ccc(C(=O)O)cc2)ncc2ccccc12. The molecule has 0 saturated heterocycles. The zero-order chi connectivity index (χ0) is 24.6. The van der Waals surface area contributed by atoms with Crippen LogP contribution in [0.25, 0.3) is 21.5 Å². The first-order valence-corrected chi connectivity index (χ1v) is 12.3. The van der Waals surface area contributed by atoms with Crippen LogP contribution in [-0.4, -0.2) is 29.5 Å². The molecule has 0 spiro atoms. The second kappa shape index (κ2) is 8.81. The zero-order valence-corrected chi connectivity index (χ0v) is 19.6. The van der Waals surface area contributed by atoms with Crippen molar-refractivity contribution >= 4 is 43.4 Å². The van der Waals surface area contributed by atoms with Gasteiger partial charge in [-0.3, -0.25) is 4.98 Å². The molecule has 0 aliphatic carbocycles. The number of benzene rings is 3. The molecule has 174 valence electrons. The molecule has 3 aromatic carbocycles. The third-order valence-corrected chi connectivity index (χ3v) is 7.70. The second-order valence-corrected chi connectivity index (χ2v) is 10.0. The molecule has 35 heavy (non-hydrogen) atoms. The number of rotatable bonds is 6. The van der Waals surface area contributed by atoms with E-state index in [0.29, 0.717) is 11.5 Å². The van der Waals surface area contributed by atoms with Crippen LogP contribution in [0.4, 0.5) is 5.82 Å². The summed E-state index contributed by atoms with van der Waals surface area (Å²) < 4.78 is 29.0. The van der Waals surface area contributed by atoms with Gasteiger partial charge in [0.2, 0.25) is 0 Å². The molecule has 0 fully saturated rings. The molecule has 2 heterocycles. The number of aromatic nitrogens is 2. The molecule has 0 aliphatic rings. The molecule has 0 bridgehead atoms. The van der Waals surface area contributed by atoms with Crippen molar-refractivity contribution in [2.75, 3.05) is 4.31 Å². The predicted molar refractivity (Wildman–Crippen MR) is 135 cm³/mol. The number of hydrogen-bond donors (Lipinski definition) is 1. The van der Waals surface area contributed by atoms with Crippen LogP contribution in [0.15, 0.2) is 96.2 Å². The van der Waals surface area contributed by atoms with Crippen LogP contribution < -0.4 is 4.31 Å². The Hall–Kier alpha value is -4.30. The van der Waals surface area contributed by atoms with Crippen molar-refractivity contribution in [3.8, 4) is 0 Å². The maximum Gasteiger partial charge on any atom is 0.335 e. The van der Waals surface area contributed by atoms with E-state index in [2.05, 4.69) is 9.97 Å². The number of pyridine rings is 2. The summed E-state index contributed by atoms with van der Waals surface area (Å²) in [6.45, 7) is 1.80. The van der Waals surface area contributed by atoms with Crippen LogP contribution in [0.2, 0.25) is 0 Å². The molecule has 0 atom stereocenters. The Kier molecular flexibility index (Phi) is 5.66. The maximum absolute atomic E-state index is 13.9. The largest absolute Gasteiger partial charge is 0.478 e. The maximum atomic E-state index is 13.9. The molecular weight excluding hydrogens is 462 g/mol. The molecular formula is C27H21N3O4S. The molecule has 0 radical (unpaired) electrons. The third-order valence-electron chi connectivity index (χ3n) is 5.94. The summed E-state index contributed by atoms with van der Waals surface area (Å²) in [7, 11) is -4.10. The summed E-state index contributed by atoms with van der Waals surface area (Å²) in [6, 6.07) is 22.4. The average Bonchev–Trinajstić information content (AvgIpc) is 2.88. The molecule has 5 aromatic rings. The number of fused-ring (bicyclic) bond motifs is 2. The number of carboxylic acid groups (broad SMARTS) is 1. The average molecular weight is 484 g/mol. The van der Waals surface area contributed by atoms with Crippen LogP contribution in [0.1, 0.15) is 21.6 Å². The molecule has 0 amide bonds. The van der Waals surface area contributed by atoms with Crippen LogP contribution in [-0.2, 0) is 16.6 Å². The number of nitrogens with zero attached hydrogens (tertiary/aromatic N) is 3. The minimum Gasteiger partial charge on any atom is -0.478 e. The Labute approximate surface area is 202 Å². The van der Waals surface area contributed by atoms with Crippen molar-refractivity contribution in [3.63, 3.8) is 0 Å². The Balaban J connectivity index is 1.66. The first-order chi connectivity index (χ1) is 16.8. The minimum atomic E-state index is -4.10. The number of carbonyl (C=O) groups is 1. The summed E-state index contributed by atoms with van der Waals surface area (Å²) in [6.07, 6.45) is 3.37. The summed E-state index contributed by atoms with van der Waals surface area (Å²) in [4.78, 5) is 20.3. The van der Waals surface area contributed by atoms with E-state index in [1.165, 1.54) is 28.6 Å². The van der Waals surface area contributed by atoms with Gasteiger partial charge in [0.15, 0.2) is 0 Å². The van der Waals surface area contributed by atoms with Crippen LogP contribution >= 0.6 is 0 Å². The van der Waals surface area contributed by atoms with Gasteiger partial charge in [-0.1, -0.05) is 48.5 Å². The number of carboxylic acids is 1. The first kappa shape index (κ1) is 22.5. The lowest BCUT2D eigenvalue weighted by atomic mass is 10.1. The molecule has 2 aromatic heterocycles. The Morgan fingerprint density at radius 1 is 0.857 bits per heavy atom. The molecule has 0 saturated carbocycles. The van der Waals surface area contributed by atoms with Gasteiger partial charge in [0, 0.05) is 28.7 Å². The Morgan fingerprint density at radius 2 is 1.49 bits per heavy atom. The van der Waals surface area contributed by atoms with Crippen molar-refractivity contribution in [3.05, 3.63) is 108 Å². The number of aromatic carboxylic acids is 1. The molecule has 0 aliphatic heterocycles. The van der Waals surface area contributed by atoms with E-state index in [0.717, 1.165) is 27.1 Å². The zero-order valence-electron chi connectivity index (χ0n) is 18.8. The Morgan fingerprint density at radius 3 is 2.20 bits per heavy atom. The highest BCUT2D eigenvalue weighted by Gasteiger charge is 2.29. The number of sulfonamides is 1. The lowest BCUT2D eigenvalue weighted by Crippen LogP contribution is -2.32. The highest BCUT2D eigenvalue weighted by molar-refractivity contribution is 7.92. The first-order valence-electron chi connectivity index (χ1n) is 10.9. The van der Waals surface area contributed by atoms with Crippen molar-refractivity contribution < 1.29 is 18.3 Å². The van der Waals surface area contributed by atoms with Gasteiger partial charge in [0.25, 0.3) is 10.0 Å².